The zero-order valence-corrected chi connectivity index (χ0v) is 17.7. The van der Waals surface area contributed by atoms with Gasteiger partial charge < -0.3 is 21.5 Å². The lowest BCUT2D eigenvalue weighted by Gasteiger charge is -2.15. The van der Waals surface area contributed by atoms with Crippen LogP contribution in [0.2, 0.25) is 0 Å². The minimum absolute atomic E-state index is 0.0227. The minimum atomic E-state index is -1.92. The van der Waals surface area contributed by atoms with Gasteiger partial charge in [-0.3, -0.25) is 9.59 Å². The lowest BCUT2D eigenvalue weighted by atomic mass is 9.99. The quantitative estimate of drug-likeness (QED) is 0.451. The zero-order chi connectivity index (χ0) is 24.3. The monoisotopic (exact) mass is 458 g/mol. The number of aliphatic hydroxyl groups excluding tert-OH is 1. The average molecular weight is 458 g/mol. The van der Waals surface area contributed by atoms with Gasteiger partial charge in [-0.05, 0) is 54.8 Å². The number of amides is 2. The fourth-order valence-electron chi connectivity index (χ4n) is 3.24. The molecule has 0 unspecified atom stereocenters. The summed E-state index contributed by atoms with van der Waals surface area (Å²) in [5.41, 5.74) is 6.31. The maximum Gasteiger partial charge on any atom is 0.257 e. The van der Waals surface area contributed by atoms with E-state index in [1.807, 2.05) is 0 Å². The summed E-state index contributed by atoms with van der Waals surface area (Å²) in [6, 6.07) is 6.44. The maximum absolute atomic E-state index is 15.0. The molecule has 3 rings (SSSR count). The molecule has 0 saturated carbocycles. The molecule has 0 saturated heterocycles. The second-order valence-corrected chi connectivity index (χ2v) is 7.21. The highest BCUT2D eigenvalue weighted by atomic mass is 19.1. The van der Waals surface area contributed by atoms with E-state index < -0.39 is 35.4 Å². The molecule has 172 valence electrons. The molecular weight excluding hydrogens is 437 g/mol. The Morgan fingerprint density at radius 3 is 2.42 bits per heavy atom. The van der Waals surface area contributed by atoms with E-state index in [-0.39, 0.29) is 28.2 Å². The molecule has 5 N–H and O–H groups in total. The molecule has 0 spiro atoms. The molecule has 0 bridgehead atoms. The van der Waals surface area contributed by atoms with E-state index in [0.717, 1.165) is 12.1 Å². The first-order valence-corrected chi connectivity index (χ1v) is 9.90. The minimum Gasteiger partial charge on any atom is -0.383 e. The van der Waals surface area contributed by atoms with E-state index in [9.17, 15) is 23.5 Å². The number of carbonyl (C=O) groups is 2. The Morgan fingerprint density at radius 2 is 1.79 bits per heavy atom. The van der Waals surface area contributed by atoms with Gasteiger partial charge in [-0.25, -0.2) is 18.2 Å². The van der Waals surface area contributed by atoms with Crippen LogP contribution in [0.4, 0.5) is 24.7 Å². The Bertz CT molecular complexity index is 1210. The number of benzene rings is 2. The molecule has 0 radical (unpaired) electrons. The highest BCUT2D eigenvalue weighted by Gasteiger charge is 2.22. The number of nitrogens with two attached hydrogens (primary N) is 1. The molecule has 1 aromatic heterocycles. The third-order valence-corrected chi connectivity index (χ3v) is 4.90. The van der Waals surface area contributed by atoms with Gasteiger partial charge in [0, 0.05) is 24.4 Å². The van der Waals surface area contributed by atoms with Crippen molar-refractivity contribution < 1.29 is 27.9 Å². The molecule has 0 fully saturated rings. The van der Waals surface area contributed by atoms with Crippen molar-refractivity contribution in [2.75, 3.05) is 17.6 Å². The van der Waals surface area contributed by atoms with Crippen molar-refractivity contribution in [3.63, 3.8) is 0 Å². The normalized spacial score (nSPS) is 11.7. The molecule has 0 aliphatic heterocycles. The summed E-state index contributed by atoms with van der Waals surface area (Å²) in [7, 11) is 0. The van der Waals surface area contributed by atoms with Crippen LogP contribution in [0.25, 0.3) is 11.1 Å². The SMILES string of the molecule is CCNC(=O)c1cc(-c2ccc(NC(=O)[C@@H](O)c3cc(F)cc(F)c3)c(F)c2C)cnc1N. The predicted octanol–water partition coefficient (Wildman–Crippen LogP) is 3.48. The van der Waals surface area contributed by atoms with Crippen LogP contribution < -0.4 is 16.4 Å². The maximum atomic E-state index is 15.0. The van der Waals surface area contributed by atoms with Crippen molar-refractivity contribution >= 4 is 23.3 Å². The third-order valence-electron chi connectivity index (χ3n) is 4.90. The number of aliphatic hydroxyl groups is 1. The van der Waals surface area contributed by atoms with Crippen molar-refractivity contribution in [3.05, 3.63) is 76.7 Å². The average Bonchev–Trinajstić information content (AvgIpc) is 2.76. The van der Waals surface area contributed by atoms with Gasteiger partial charge in [-0.2, -0.15) is 0 Å². The Kier molecular flexibility index (Phi) is 6.98. The van der Waals surface area contributed by atoms with Crippen LogP contribution in [-0.2, 0) is 4.79 Å². The number of nitrogens with one attached hydrogen (secondary N) is 2. The number of nitrogen functional groups attached to an aromatic ring is 1. The van der Waals surface area contributed by atoms with Gasteiger partial charge in [0.25, 0.3) is 11.8 Å². The number of anilines is 2. The van der Waals surface area contributed by atoms with Crippen LogP contribution in [0, 0.1) is 24.4 Å². The van der Waals surface area contributed by atoms with Crippen molar-refractivity contribution in [3.8, 4) is 11.1 Å². The summed E-state index contributed by atoms with van der Waals surface area (Å²) >= 11 is 0. The lowest BCUT2D eigenvalue weighted by molar-refractivity contribution is -0.124. The summed E-state index contributed by atoms with van der Waals surface area (Å²) in [6.07, 6.45) is -0.532. The highest BCUT2D eigenvalue weighted by Crippen LogP contribution is 2.31. The smallest absolute Gasteiger partial charge is 0.257 e. The largest absolute Gasteiger partial charge is 0.383 e. The van der Waals surface area contributed by atoms with Crippen LogP contribution in [0.5, 0.6) is 0 Å². The molecule has 10 heteroatoms. The number of aromatic nitrogens is 1. The van der Waals surface area contributed by atoms with Crippen molar-refractivity contribution in [2.45, 2.75) is 20.0 Å². The lowest BCUT2D eigenvalue weighted by Crippen LogP contribution is -2.24. The molecule has 1 atom stereocenters. The van der Waals surface area contributed by atoms with E-state index >= 15 is 4.39 Å². The van der Waals surface area contributed by atoms with Crippen LogP contribution >= 0.6 is 0 Å². The number of halogens is 3. The molecule has 3 aromatic rings. The van der Waals surface area contributed by atoms with Gasteiger partial charge in [0.2, 0.25) is 0 Å². The fourth-order valence-corrected chi connectivity index (χ4v) is 3.24. The number of hydrogen-bond donors (Lipinski definition) is 4. The number of carbonyl (C=O) groups excluding carboxylic acids is 2. The molecule has 0 aliphatic rings. The summed E-state index contributed by atoms with van der Waals surface area (Å²) in [5, 5.41) is 15.0. The van der Waals surface area contributed by atoms with E-state index in [2.05, 4.69) is 15.6 Å². The van der Waals surface area contributed by atoms with Crippen molar-refractivity contribution in [2.24, 2.45) is 0 Å². The van der Waals surface area contributed by atoms with Gasteiger partial charge in [0.05, 0.1) is 11.3 Å². The topological polar surface area (TPSA) is 117 Å². The third kappa shape index (κ3) is 5.12. The number of nitrogens with zero attached hydrogens (tertiary/aromatic N) is 1. The van der Waals surface area contributed by atoms with Crippen LogP contribution in [0.1, 0.15) is 34.5 Å². The van der Waals surface area contributed by atoms with Gasteiger partial charge in [0.1, 0.15) is 23.3 Å². The first-order chi connectivity index (χ1) is 15.6. The van der Waals surface area contributed by atoms with Gasteiger partial charge in [-0.15, -0.1) is 0 Å². The van der Waals surface area contributed by atoms with Crippen molar-refractivity contribution in [1.29, 1.82) is 0 Å². The van der Waals surface area contributed by atoms with Crippen molar-refractivity contribution in [1.82, 2.24) is 10.3 Å². The molecule has 2 aromatic carbocycles. The van der Waals surface area contributed by atoms with Crippen LogP contribution in [0.3, 0.4) is 0 Å². The molecule has 2 amide bonds. The second-order valence-electron chi connectivity index (χ2n) is 7.21. The van der Waals surface area contributed by atoms with Gasteiger partial charge in [0.15, 0.2) is 6.10 Å². The van der Waals surface area contributed by atoms with Gasteiger partial charge in [-0.1, -0.05) is 6.07 Å². The Labute approximate surface area is 187 Å². The van der Waals surface area contributed by atoms with E-state index in [1.54, 1.807) is 6.92 Å². The van der Waals surface area contributed by atoms with Crippen LogP contribution in [-0.4, -0.2) is 28.4 Å². The zero-order valence-electron chi connectivity index (χ0n) is 17.7. The highest BCUT2D eigenvalue weighted by molar-refractivity contribution is 5.99. The van der Waals surface area contributed by atoms with E-state index in [4.69, 9.17) is 5.73 Å². The summed E-state index contributed by atoms with van der Waals surface area (Å²) < 4.78 is 41.8. The first-order valence-electron chi connectivity index (χ1n) is 9.90. The standard InChI is InChI=1S/C23H21F3N4O3/c1-3-28-22(32)17-8-13(10-29-21(17)27)16-4-5-18(19(26)11(16)2)30-23(33)20(31)12-6-14(24)9-15(25)7-12/h4-10,20,31H,3H2,1-2H3,(H2,27,29)(H,28,32)(H,30,33)/t20-/m0/s1. The molecule has 33 heavy (non-hydrogen) atoms. The van der Waals surface area contributed by atoms with Crippen LogP contribution in [0.15, 0.2) is 42.6 Å². The summed E-state index contributed by atoms with van der Waals surface area (Å²) in [6.45, 7) is 3.60. The number of rotatable bonds is 6. The summed E-state index contributed by atoms with van der Waals surface area (Å²) in [5.74, 6) is -4.20. The second kappa shape index (κ2) is 9.70. The molecule has 0 aliphatic carbocycles. The fraction of sp³-hybridized carbons (Fsp3) is 0.174. The number of pyridine rings is 1. The summed E-state index contributed by atoms with van der Waals surface area (Å²) in [4.78, 5) is 28.5. The Balaban J connectivity index is 1.88. The van der Waals surface area contributed by atoms with E-state index in [1.165, 1.54) is 31.3 Å². The number of hydrogen-bond acceptors (Lipinski definition) is 5. The molecule has 1 heterocycles. The molecular formula is C23H21F3N4O3. The first kappa shape index (κ1) is 23.7. The Morgan fingerprint density at radius 1 is 1.12 bits per heavy atom. The van der Waals surface area contributed by atoms with E-state index in [0.29, 0.717) is 23.7 Å². The van der Waals surface area contributed by atoms with Gasteiger partial charge >= 0.3 is 0 Å². The predicted molar refractivity (Wildman–Crippen MR) is 117 cm³/mol. The Hall–Kier alpha value is -3.92. The molecule has 7 nitrogen and oxygen atoms in total.